The highest BCUT2D eigenvalue weighted by molar-refractivity contribution is 5.98. The summed E-state index contributed by atoms with van der Waals surface area (Å²) < 4.78 is 0. The van der Waals surface area contributed by atoms with E-state index in [1.165, 1.54) is 6.92 Å². The molecule has 10 atom stereocenters. The molecule has 1 fully saturated rings. The molecule has 24 nitrogen and oxygen atoms in total. The van der Waals surface area contributed by atoms with Crippen molar-refractivity contribution in [2.45, 2.75) is 164 Å². The average Bonchev–Trinajstić information content (AvgIpc) is 3.61. The van der Waals surface area contributed by atoms with Gasteiger partial charge in [0.1, 0.15) is 48.3 Å². The first-order valence-corrected chi connectivity index (χ1v) is 28.5. The van der Waals surface area contributed by atoms with Crippen LogP contribution in [0.15, 0.2) is 84.9 Å². The number of carbonyl (C=O) groups excluding carboxylic acids is 9. The van der Waals surface area contributed by atoms with Crippen LogP contribution < -0.4 is 70.8 Å². The molecule has 0 spiro atoms. The molecule has 1 saturated heterocycles. The first kappa shape index (κ1) is 67.2. The standard InChI is InChI=1S/C58H87N13O11/c1-3-4-5-6-13-18-41(73)35-49(74)64-42(23-28-59)51(75)68-46-27-32-63-58(82)50(36(2)72)71-55(79)45(26-31-62)66-52(76)43(24-29-60)67-56(80)48(34-38-19-21-40(22-20-38)39-16-11-8-12-17-39)70-57(81)47(33-37-14-9-7-10-15-37)69-53(77)44(25-30-61)65-54(46)78/h7-12,14-17,19-22,36,41-48,50,72-73H,3-6,13,18,23-35,59-62H2,1-2H3,(H,63,82)(H,64,74)(H,65,78)(H,66,76)(H,67,80)(H,68,75)(H,69,77)(H,70,81)(H,71,79)/t36-,41-,42-,43+,44+,45+,46+,47-,48+,50+/m1/s1. The quantitative estimate of drug-likeness (QED) is 0.0426. The fourth-order valence-corrected chi connectivity index (χ4v) is 9.27. The van der Waals surface area contributed by atoms with E-state index in [2.05, 4.69) is 54.8 Å². The highest BCUT2D eigenvalue weighted by atomic mass is 16.3. The number of hydrogen-bond donors (Lipinski definition) is 15. The lowest BCUT2D eigenvalue weighted by atomic mass is 9.99. The molecule has 19 N–H and O–H groups in total. The minimum Gasteiger partial charge on any atom is -0.393 e. The van der Waals surface area contributed by atoms with Crippen molar-refractivity contribution in [3.05, 3.63) is 96.1 Å². The Labute approximate surface area is 479 Å². The van der Waals surface area contributed by atoms with Crippen LogP contribution in [-0.2, 0) is 56.0 Å². The molecule has 9 amide bonds. The number of aliphatic hydroxyl groups is 2. The second kappa shape index (κ2) is 36.2. The van der Waals surface area contributed by atoms with Crippen LogP contribution in [0, 0.1) is 0 Å². The first-order valence-electron chi connectivity index (χ1n) is 28.5. The van der Waals surface area contributed by atoms with Gasteiger partial charge in [-0.15, -0.1) is 0 Å². The number of unbranched alkanes of at least 4 members (excludes halogenated alkanes) is 4. The van der Waals surface area contributed by atoms with Crippen LogP contribution >= 0.6 is 0 Å². The van der Waals surface area contributed by atoms with E-state index in [0.717, 1.165) is 36.8 Å². The Bertz CT molecular complexity index is 2510. The summed E-state index contributed by atoms with van der Waals surface area (Å²) in [5, 5.41) is 45.0. The highest BCUT2D eigenvalue weighted by Gasteiger charge is 2.36. The molecule has 3 aromatic rings. The summed E-state index contributed by atoms with van der Waals surface area (Å²) >= 11 is 0. The van der Waals surface area contributed by atoms with Gasteiger partial charge in [0.05, 0.1) is 18.6 Å². The van der Waals surface area contributed by atoms with Crippen LogP contribution in [0.4, 0.5) is 0 Å². The summed E-state index contributed by atoms with van der Waals surface area (Å²) in [6, 6.07) is 14.0. The second-order valence-corrected chi connectivity index (χ2v) is 20.6. The summed E-state index contributed by atoms with van der Waals surface area (Å²) in [6.45, 7) is 2.46. The summed E-state index contributed by atoms with van der Waals surface area (Å²) in [6.07, 6.45) is 1.09. The van der Waals surface area contributed by atoms with Gasteiger partial charge in [-0.2, -0.15) is 0 Å². The maximum Gasteiger partial charge on any atom is 0.245 e. The van der Waals surface area contributed by atoms with E-state index < -0.39 is 114 Å². The Morgan fingerprint density at radius 1 is 0.549 bits per heavy atom. The molecule has 24 heteroatoms. The highest BCUT2D eigenvalue weighted by Crippen LogP contribution is 2.20. The van der Waals surface area contributed by atoms with Crippen molar-refractivity contribution in [1.29, 1.82) is 0 Å². The summed E-state index contributed by atoms with van der Waals surface area (Å²) in [5.74, 6) is -7.69. The smallest absolute Gasteiger partial charge is 0.245 e. The van der Waals surface area contributed by atoms with Crippen LogP contribution in [0.3, 0.4) is 0 Å². The van der Waals surface area contributed by atoms with Gasteiger partial charge in [0, 0.05) is 19.4 Å². The molecule has 3 aromatic carbocycles. The van der Waals surface area contributed by atoms with Crippen molar-refractivity contribution in [3.8, 4) is 11.1 Å². The molecule has 4 rings (SSSR count). The van der Waals surface area contributed by atoms with Crippen LogP contribution in [0.1, 0.15) is 102 Å². The maximum absolute atomic E-state index is 14.8. The average molecular weight is 1140 g/mol. The number of aliphatic hydroxyl groups excluding tert-OH is 2. The van der Waals surface area contributed by atoms with Gasteiger partial charge in [0.25, 0.3) is 0 Å². The van der Waals surface area contributed by atoms with E-state index in [0.29, 0.717) is 24.0 Å². The van der Waals surface area contributed by atoms with Gasteiger partial charge in [0.2, 0.25) is 53.2 Å². The minimum absolute atomic E-state index is 0.0778. The Morgan fingerprint density at radius 2 is 1.01 bits per heavy atom. The lowest BCUT2D eigenvalue weighted by Crippen LogP contribution is -2.61. The van der Waals surface area contributed by atoms with Crippen LogP contribution in [0.2, 0.25) is 0 Å². The van der Waals surface area contributed by atoms with E-state index in [1.807, 2.05) is 42.5 Å². The van der Waals surface area contributed by atoms with Gasteiger partial charge in [-0.3, -0.25) is 43.2 Å². The Balaban J connectivity index is 1.76. The molecule has 82 heavy (non-hydrogen) atoms. The van der Waals surface area contributed by atoms with Gasteiger partial charge in [0.15, 0.2) is 0 Å². The molecule has 450 valence electrons. The number of carbonyl (C=O) groups is 9. The molecule has 0 saturated carbocycles. The normalized spacial score (nSPS) is 22.1. The lowest BCUT2D eigenvalue weighted by Gasteiger charge is -2.28. The van der Waals surface area contributed by atoms with Crippen LogP contribution in [0.25, 0.3) is 11.1 Å². The predicted octanol–water partition coefficient (Wildman–Crippen LogP) is -1.58. The number of amides is 9. The third kappa shape index (κ3) is 22.9. The van der Waals surface area contributed by atoms with Crippen molar-refractivity contribution < 1.29 is 53.4 Å². The van der Waals surface area contributed by atoms with E-state index in [1.54, 1.807) is 42.5 Å². The molecule has 1 aliphatic heterocycles. The van der Waals surface area contributed by atoms with Crippen LogP contribution in [-0.4, -0.2) is 157 Å². The zero-order valence-corrected chi connectivity index (χ0v) is 47.2. The molecular formula is C58H87N13O11. The van der Waals surface area contributed by atoms with E-state index in [-0.39, 0.29) is 84.1 Å². The van der Waals surface area contributed by atoms with Crippen molar-refractivity contribution in [3.63, 3.8) is 0 Å². The van der Waals surface area contributed by atoms with Gasteiger partial charge in [-0.1, -0.05) is 124 Å². The Kier molecular flexibility index (Phi) is 29.6. The van der Waals surface area contributed by atoms with Gasteiger partial charge >= 0.3 is 0 Å². The fraction of sp³-hybridized carbons (Fsp3) is 0.534. The molecule has 0 unspecified atom stereocenters. The zero-order chi connectivity index (χ0) is 60.0. The van der Waals surface area contributed by atoms with E-state index in [4.69, 9.17) is 22.9 Å². The third-order valence-electron chi connectivity index (χ3n) is 13.9. The largest absolute Gasteiger partial charge is 0.393 e. The van der Waals surface area contributed by atoms with Crippen molar-refractivity contribution in [1.82, 2.24) is 47.9 Å². The molecule has 0 aromatic heterocycles. The Morgan fingerprint density at radius 3 is 1.52 bits per heavy atom. The van der Waals surface area contributed by atoms with Gasteiger partial charge in [-0.25, -0.2) is 0 Å². The minimum atomic E-state index is -1.64. The fourth-order valence-electron chi connectivity index (χ4n) is 9.27. The lowest BCUT2D eigenvalue weighted by molar-refractivity contribution is -0.136. The number of rotatable bonds is 25. The number of nitrogens with two attached hydrogens (primary N) is 4. The monoisotopic (exact) mass is 1140 g/mol. The summed E-state index contributed by atoms with van der Waals surface area (Å²) in [5.41, 5.74) is 26.7. The maximum atomic E-state index is 14.8. The number of nitrogens with one attached hydrogen (secondary N) is 9. The molecule has 1 heterocycles. The topological polar surface area (TPSA) is 406 Å². The Hall–Kier alpha value is -7.35. The molecule has 1 aliphatic rings. The zero-order valence-electron chi connectivity index (χ0n) is 47.2. The third-order valence-corrected chi connectivity index (χ3v) is 13.9. The van der Waals surface area contributed by atoms with Gasteiger partial charge < -0.3 is 81.0 Å². The van der Waals surface area contributed by atoms with Crippen LogP contribution in [0.5, 0.6) is 0 Å². The first-order chi connectivity index (χ1) is 39.4. The summed E-state index contributed by atoms with van der Waals surface area (Å²) in [7, 11) is 0. The molecule has 0 aliphatic carbocycles. The molecule has 0 radical (unpaired) electrons. The molecule has 0 bridgehead atoms. The second-order valence-electron chi connectivity index (χ2n) is 20.6. The van der Waals surface area contributed by atoms with Crippen molar-refractivity contribution >= 4 is 53.2 Å². The van der Waals surface area contributed by atoms with Crippen molar-refractivity contribution in [2.24, 2.45) is 22.9 Å². The molecular weight excluding hydrogens is 1050 g/mol. The van der Waals surface area contributed by atoms with E-state index in [9.17, 15) is 53.4 Å². The van der Waals surface area contributed by atoms with E-state index >= 15 is 0 Å². The number of hydrogen-bond acceptors (Lipinski definition) is 15. The van der Waals surface area contributed by atoms with Crippen molar-refractivity contribution in [2.75, 3.05) is 32.7 Å². The van der Waals surface area contributed by atoms with Gasteiger partial charge in [-0.05, 0) is 93.9 Å². The SMILES string of the molecule is CCCCCCC[C@@H](O)CC(=O)N[C@H](CCN)C(=O)N[C@H]1CCNC(=O)[C@H]([C@@H](C)O)NC(=O)[C@H](CCN)NC(=O)[C@H](CCN)NC(=O)[C@H](Cc2ccc(-c3ccccc3)cc2)NC(=O)[C@@H](Cc2ccccc2)NC(=O)[C@H](CCN)NC1=O. The number of benzene rings is 3. The predicted molar refractivity (Wildman–Crippen MR) is 309 cm³/mol. The summed E-state index contributed by atoms with van der Waals surface area (Å²) in [4.78, 5) is 127.